The molecule has 0 radical (unpaired) electrons. The summed E-state index contributed by atoms with van der Waals surface area (Å²) in [7, 11) is 0. The quantitative estimate of drug-likeness (QED) is 0.518. The molecule has 0 amide bonds. The Bertz CT molecular complexity index is 650. The molecule has 164 valence electrons. The summed E-state index contributed by atoms with van der Waals surface area (Å²) in [5.41, 5.74) is 4.02. The Morgan fingerprint density at radius 3 is 2.69 bits per heavy atom. The molecule has 0 heterocycles. The molecule has 3 rings (SSSR count). The van der Waals surface area contributed by atoms with Gasteiger partial charge >= 0.3 is 0 Å². The molecule has 3 aliphatic carbocycles. The van der Waals surface area contributed by atoms with E-state index in [0.717, 1.165) is 49.9 Å². The summed E-state index contributed by atoms with van der Waals surface area (Å²) in [6, 6.07) is 0. The van der Waals surface area contributed by atoms with Crippen molar-refractivity contribution in [1.29, 1.82) is 0 Å². The van der Waals surface area contributed by atoms with Crippen LogP contribution in [0, 0.1) is 23.2 Å². The van der Waals surface area contributed by atoms with Gasteiger partial charge in [-0.05, 0) is 100 Å². The van der Waals surface area contributed by atoms with Crippen LogP contribution in [0.4, 0.5) is 0 Å². The molecule has 29 heavy (non-hydrogen) atoms. The molecular weight excluding hydrogens is 356 g/mol. The van der Waals surface area contributed by atoms with Crippen LogP contribution in [0.15, 0.2) is 35.5 Å². The highest BCUT2D eigenvalue weighted by molar-refractivity contribution is 5.36. The smallest absolute Gasteiger partial charge is 0.0591 e. The van der Waals surface area contributed by atoms with Gasteiger partial charge in [-0.3, -0.25) is 0 Å². The first-order valence-corrected chi connectivity index (χ1v) is 12.1. The molecule has 3 aliphatic rings. The van der Waals surface area contributed by atoms with Crippen LogP contribution < -0.4 is 0 Å². The van der Waals surface area contributed by atoms with Gasteiger partial charge in [-0.25, -0.2) is 0 Å². The maximum atomic E-state index is 10.0. The number of aliphatic hydroxyl groups excluding tert-OH is 1. The predicted octanol–water partition coefficient (Wildman–Crippen LogP) is 6.73. The van der Waals surface area contributed by atoms with E-state index in [1.165, 1.54) is 49.7 Å². The van der Waals surface area contributed by atoms with E-state index < -0.39 is 5.60 Å². The number of rotatable bonds is 6. The van der Waals surface area contributed by atoms with Crippen molar-refractivity contribution in [3.8, 4) is 0 Å². The lowest BCUT2D eigenvalue weighted by atomic mass is 9.60. The van der Waals surface area contributed by atoms with Crippen LogP contribution >= 0.6 is 0 Å². The Morgan fingerprint density at radius 2 is 1.97 bits per heavy atom. The standard InChI is InChI=1S/C27H44O2/c1-19-10-13-23(28)18-22(19)12-11-21-9-7-17-27(5)24(14-15-25(21)27)20(2)8-6-16-26(3,4)29/h11-12,20,23-25,28-29H,1,6-10,13-18H2,2-5H3/t20-,23+,24-,25+,27-/m1/s1. The molecule has 0 unspecified atom stereocenters. The molecule has 2 N–H and O–H groups in total. The first-order chi connectivity index (χ1) is 13.6. The molecule has 0 spiro atoms. The summed E-state index contributed by atoms with van der Waals surface area (Å²) in [5, 5.41) is 20.1. The normalized spacial score (nSPS) is 37.2. The lowest BCUT2D eigenvalue weighted by molar-refractivity contribution is 0.0596. The Hall–Kier alpha value is -0.860. The van der Waals surface area contributed by atoms with E-state index in [9.17, 15) is 10.2 Å². The Balaban J connectivity index is 1.68. The van der Waals surface area contributed by atoms with Crippen molar-refractivity contribution in [2.24, 2.45) is 23.2 Å². The van der Waals surface area contributed by atoms with Crippen LogP contribution in [0.3, 0.4) is 0 Å². The highest BCUT2D eigenvalue weighted by Gasteiger charge is 2.50. The van der Waals surface area contributed by atoms with Gasteiger partial charge in [-0.1, -0.05) is 56.6 Å². The zero-order valence-electron chi connectivity index (χ0n) is 19.3. The zero-order valence-corrected chi connectivity index (χ0v) is 19.3. The molecule has 3 saturated carbocycles. The topological polar surface area (TPSA) is 40.5 Å². The maximum absolute atomic E-state index is 10.0. The van der Waals surface area contributed by atoms with Crippen molar-refractivity contribution in [1.82, 2.24) is 0 Å². The van der Waals surface area contributed by atoms with Crippen LogP contribution in [0.5, 0.6) is 0 Å². The van der Waals surface area contributed by atoms with Crippen molar-refractivity contribution >= 4 is 0 Å². The second-order valence-electron chi connectivity index (χ2n) is 11.2. The Kier molecular flexibility index (Phi) is 7.16. The third-order valence-electron chi connectivity index (χ3n) is 8.36. The van der Waals surface area contributed by atoms with Crippen molar-refractivity contribution < 1.29 is 10.2 Å². The van der Waals surface area contributed by atoms with Gasteiger partial charge in [-0.2, -0.15) is 0 Å². The van der Waals surface area contributed by atoms with Gasteiger partial charge in [-0.15, -0.1) is 0 Å². The molecule has 3 fully saturated rings. The van der Waals surface area contributed by atoms with Gasteiger partial charge < -0.3 is 10.2 Å². The first-order valence-electron chi connectivity index (χ1n) is 12.1. The molecule has 0 aromatic rings. The number of fused-ring (bicyclic) bond motifs is 1. The fourth-order valence-electron chi connectivity index (χ4n) is 6.67. The fraction of sp³-hybridized carbons (Fsp3) is 0.778. The summed E-state index contributed by atoms with van der Waals surface area (Å²) in [6.07, 6.45) is 16.9. The molecule has 0 saturated heterocycles. The van der Waals surface area contributed by atoms with E-state index in [1.807, 2.05) is 13.8 Å². The van der Waals surface area contributed by atoms with E-state index >= 15 is 0 Å². The fourth-order valence-corrected chi connectivity index (χ4v) is 6.67. The third kappa shape index (κ3) is 5.44. The van der Waals surface area contributed by atoms with Gasteiger partial charge in [0.2, 0.25) is 0 Å². The lowest BCUT2D eigenvalue weighted by Crippen LogP contribution is -2.36. The minimum Gasteiger partial charge on any atom is -0.393 e. The monoisotopic (exact) mass is 400 g/mol. The van der Waals surface area contributed by atoms with Crippen LogP contribution in [-0.4, -0.2) is 21.9 Å². The van der Waals surface area contributed by atoms with Gasteiger partial charge in [0.05, 0.1) is 11.7 Å². The first kappa shape index (κ1) is 22.8. The average molecular weight is 401 g/mol. The van der Waals surface area contributed by atoms with Crippen LogP contribution in [0.2, 0.25) is 0 Å². The molecule has 2 nitrogen and oxygen atoms in total. The summed E-state index contributed by atoms with van der Waals surface area (Å²) in [6.45, 7) is 13.1. The van der Waals surface area contributed by atoms with Gasteiger partial charge in [0, 0.05) is 0 Å². The van der Waals surface area contributed by atoms with Crippen molar-refractivity contribution in [2.75, 3.05) is 0 Å². The van der Waals surface area contributed by atoms with E-state index in [0.29, 0.717) is 5.41 Å². The number of hydrogen-bond donors (Lipinski definition) is 2. The highest BCUT2D eigenvalue weighted by Crippen LogP contribution is 2.60. The van der Waals surface area contributed by atoms with E-state index in [1.54, 1.807) is 5.57 Å². The molecule has 0 aromatic heterocycles. The Morgan fingerprint density at radius 1 is 1.21 bits per heavy atom. The number of allylic oxidation sites excluding steroid dienone is 4. The largest absolute Gasteiger partial charge is 0.393 e. The SMILES string of the molecule is C=C1CC[C@H](O)CC1=CC=C1CCC[C@]2(C)[C@@H]([C@H](C)CCCC(C)(C)O)CC[C@@H]12. The van der Waals surface area contributed by atoms with Crippen LogP contribution in [0.25, 0.3) is 0 Å². The molecule has 0 bridgehead atoms. The molecule has 2 heteroatoms. The van der Waals surface area contributed by atoms with Crippen molar-refractivity contribution in [3.63, 3.8) is 0 Å². The minimum atomic E-state index is -0.535. The second-order valence-corrected chi connectivity index (χ2v) is 11.2. The molecule has 0 aromatic carbocycles. The van der Waals surface area contributed by atoms with Gasteiger partial charge in [0.25, 0.3) is 0 Å². The summed E-state index contributed by atoms with van der Waals surface area (Å²) in [5.74, 6) is 2.26. The maximum Gasteiger partial charge on any atom is 0.0591 e. The van der Waals surface area contributed by atoms with Crippen LogP contribution in [0.1, 0.15) is 98.3 Å². The van der Waals surface area contributed by atoms with Crippen molar-refractivity contribution in [3.05, 3.63) is 35.5 Å². The van der Waals surface area contributed by atoms with Gasteiger partial charge in [0.1, 0.15) is 0 Å². The van der Waals surface area contributed by atoms with Gasteiger partial charge in [0.15, 0.2) is 0 Å². The Labute approximate surface area is 179 Å². The summed E-state index contributed by atoms with van der Waals surface area (Å²) < 4.78 is 0. The number of aliphatic hydroxyl groups is 2. The second kappa shape index (κ2) is 9.10. The molecular formula is C27H44O2. The molecule has 5 atom stereocenters. The minimum absolute atomic E-state index is 0.192. The highest BCUT2D eigenvalue weighted by atomic mass is 16.3. The van der Waals surface area contributed by atoms with Crippen molar-refractivity contribution in [2.45, 2.75) is 110 Å². The molecule has 0 aliphatic heterocycles. The zero-order chi connectivity index (χ0) is 21.2. The average Bonchev–Trinajstić information content (AvgIpc) is 2.99. The summed E-state index contributed by atoms with van der Waals surface area (Å²) >= 11 is 0. The van der Waals surface area contributed by atoms with E-state index in [4.69, 9.17) is 0 Å². The summed E-state index contributed by atoms with van der Waals surface area (Å²) in [4.78, 5) is 0. The van der Waals surface area contributed by atoms with E-state index in [2.05, 4.69) is 32.6 Å². The van der Waals surface area contributed by atoms with E-state index in [-0.39, 0.29) is 6.10 Å². The third-order valence-corrected chi connectivity index (χ3v) is 8.36. The lowest BCUT2D eigenvalue weighted by Gasteiger charge is -2.44. The number of hydrogen-bond acceptors (Lipinski definition) is 2. The predicted molar refractivity (Wildman–Crippen MR) is 123 cm³/mol. The van der Waals surface area contributed by atoms with Crippen LogP contribution in [-0.2, 0) is 0 Å².